The smallest absolute Gasteiger partial charge is 0.423 e. The molecule has 0 radical (unpaired) electrons. The van der Waals surface area contributed by atoms with Crippen LogP contribution in [0.3, 0.4) is 0 Å². The van der Waals surface area contributed by atoms with Crippen LogP contribution in [0.15, 0.2) is 0 Å². The molecule has 1 fully saturated rings. The Labute approximate surface area is 356 Å². The highest BCUT2D eigenvalue weighted by atomic mass is 19.4. The number of hydrogen-bond donors (Lipinski definition) is 20. The Morgan fingerprint density at radius 1 is 0.723 bits per heavy atom. The minimum absolute atomic E-state index is 0.159. The van der Waals surface area contributed by atoms with E-state index in [-0.39, 0.29) is 14.0 Å². The zero-order chi connectivity index (χ0) is 51.5. The maximum atomic E-state index is 14.8. The van der Waals surface area contributed by atoms with Gasteiger partial charge in [-0.1, -0.05) is 0 Å². The number of alkyl halides is 6. The van der Waals surface area contributed by atoms with E-state index in [2.05, 4.69) is 0 Å². The van der Waals surface area contributed by atoms with Crippen LogP contribution in [-0.2, 0) is 17.1 Å². The fraction of sp³-hybridized carbons (Fsp3) is 0.576. The van der Waals surface area contributed by atoms with Crippen LogP contribution in [0.5, 0.6) is 34.5 Å². The third-order valence-electron chi connectivity index (χ3n) is 10.7. The standard InChI is InChI=1S/C33H42F7N3O22/c1-8(44)6-7-26(54,55)32(62,63)43(31(60,61)25(4,52)53)23-27(56,57)22(11-9(2)16(45)15(34)21(50)19(11)48)42(33(64,65)28(23,58)59)24(51)41(5)10(3)12-17(46)13(29(35,36)37)20(49)14(18(12)47)30(38,39)40/h10,22-23,45-50,52-65H,6-7H2,1-5H3. The minimum Gasteiger partial charge on any atom is -0.507 e. The third kappa shape index (κ3) is 8.33. The number of phenols is 6. The SMILES string of the molecule is CC(=O)CCC(O)(O)C(O)(O)N(C1C(O)(O)C(c2c(C)c(O)c(F)c(O)c2O)N(C(=O)N(C)C(C)c2c(O)c(C(F)(F)F)c(O)c(C(F)(F)F)c2O)C(O)(O)C1(O)O)C(O)(O)C(C)(O)O. The molecule has 1 aliphatic heterocycles. The van der Waals surface area contributed by atoms with Crippen LogP contribution in [0, 0.1) is 12.7 Å². The Morgan fingerprint density at radius 2 is 1.15 bits per heavy atom. The van der Waals surface area contributed by atoms with Gasteiger partial charge >= 0.3 is 24.3 Å². The van der Waals surface area contributed by atoms with E-state index < -0.39 is 179 Å². The van der Waals surface area contributed by atoms with Crippen LogP contribution in [-0.4, -0.2) is 183 Å². The number of aromatic hydroxyl groups is 6. The highest BCUT2D eigenvalue weighted by Crippen LogP contribution is 2.59. The number of rotatable bonds is 11. The van der Waals surface area contributed by atoms with Crippen LogP contribution in [0.4, 0.5) is 35.5 Å². The van der Waals surface area contributed by atoms with Crippen molar-refractivity contribution < 1.29 is 142 Å². The molecule has 2 amide bonds. The van der Waals surface area contributed by atoms with Gasteiger partial charge in [0.15, 0.2) is 17.2 Å². The molecule has 1 aliphatic rings. The quantitative estimate of drug-likeness (QED) is 0.0445. The van der Waals surface area contributed by atoms with Gasteiger partial charge in [0.2, 0.25) is 23.2 Å². The summed E-state index contributed by atoms with van der Waals surface area (Å²) in [5, 5.41) is 220. The number of likely N-dealkylation sites (tertiary alicyclic amines) is 1. The molecule has 0 spiro atoms. The lowest BCUT2D eigenvalue weighted by Crippen LogP contribution is -2.91. The van der Waals surface area contributed by atoms with Crippen molar-refractivity contribution >= 4 is 11.8 Å². The van der Waals surface area contributed by atoms with Crippen molar-refractivity contribution in [3.63, 3.8) is 0 Å². The molecule has 0 aromatic heterocycles. The second kappa shape index (κ2) is 16.2. The average molecular weight is 966 g/mol. The van der Waals surface area contributed by atoms with E-state index in [1.807, 2.05) is 0 Å². The van der Waals surface area contributed by atoms with Gasteiger partial charge in [-0.05, 0) is 27.7 Å². The number of amides is 2. The molecular weight excluding hydrogens is 923 g/mol. The number of aliphatic hydroxyl groups is 14. The Kier molecular flexibility index (Phi) is 13.5. The summed E-state index contributed by atoms with van der Waals surface area (Å²) in [5.74, 6) is -54.1. The summed E-state index contributed by atoms with van der Waals surface area (Å²) in [5.41, 5.74) is -11.3. The van der Waals surface area contributed by atoms with Crippen molar-refractivity contribution in [2.24, 2.45) is 0 Å². The van der Waals surface area contributed by atoms with Crippen LogP contribution >= 0.6 is 0 Å². The largest absolute Gasteiger partial charge is 0.507 e. The first-order valence-electron chi connectivity index (χ1n) is 17.5. The molecule has 0 bridgehead atoms. The number of halogens is 7. The van der Waals surface area contributed by atoms with Gasteiger partial charge in [0.25, 0.3) is 17.6 Å². The predicted molar refractivity (Wildman–Crippen MR) is 185 cm³/mol. The number of benzene rings is 2. The van der Waals surface area contributed by atoms with Gasteiger partial charge in [-0.15, -0.1) is 0 Å². The van der Waals surface area contributed by atoms with E-state index in [0.717, 1.165) is 0 Å². The number of urea groups is 1. The first-order valence-corrected chi connectivity index (χ1v) is 17.5. The van der Waals surface area contributed by atoms with E-state index in [1.54, 1.807) is 0 Å². The lowest BCUT2D eigenvalue weighted by atomic mass is 9.76. The van der Waals surface area contributed by atoms with Gasteiger partial charge in [0.1, 0.15) is 46.2 Å². The van der Waals surface area contributed by atoms with Gasteiger partial charge in [-0.3, -0.25) is 4.90 Å². The summed E-state index contributed by atoms with van der Waals surface area (Å²) in [7, 11) is 0.159. The summed E-state index contributed by atoms with van der Waals surface area (Å²) in [6, 6.07) is -14.3. The Hall–Kier alpha value is -4.91. The van der Waals surface area contributed by atoms with E-state index in [4.69, 9.17) is 0 Å². The Bertz CT molecular complexity index is 2150. The zero-order valence-electron chi connectivity index (χ0n) is 33.4. The van der Waals surface area contributed by atoms with Crippen LogP contribution < -0.4 is 0 Å². The molecule has 0 aliphatic carbocycles. The van der Waals surface area contributed by atoms with Crippen molar-refractivity contribution in [1.29, 1.82) is 0 Å². The monoisotopic (exact) mass is 965 g/mol. The summed E-state index contributed by atoms with van der Waals surface area (Å²) < 4.78 is 98.8. The molecule has 2 aromatic carbocycles. The Balaban J connectivity index is 2.66. The molecule has 32 heteroatoms. The normalized spacial score (nSPS) is 20.0. The maximum Gasteiger partial charge on any atom is 0.423 e. The first-order chi connectivity index (χ1) is 28.7. The van der Waals surface area contributed by atoms with E-state index >= 15 is 0 Å². The number of piperidine rings is 1. The first kappa shape index (κ1) is 54.4. The van der Waals surface area contributed by atoms with Crippen molar-refractivity contribution in [2.75, 3.05) is 7.05 Å². The number of carbonyl (C=O) groups excluding carboxylic acids is 2. The molecule has 25 nitrogen and oxygen atoms in total. The lowest BCUT2D eigenvalue weighted by Gasteiger charge is -2.64. The fourth-order valence-electron chi connectivity index (χ4n) is 6.99. The zero-order valence-corrected chi connectivity index (χ0v) is 33.4. The summed E-state index contributed by atoms with van der Waals surface area (Å²) in [4.78, 5) is 22.7. The number of hydrogen-bond acceptors (Lipinski definition) is 23. The Morgan fingerprint density at radius 3 is 1.54 bits per heavy atom. The minimum atomic E-state index is -6.15. The average Bonchev–Trinajstić information content (AvgIpc) is 3.10. The van der Waals surface area contributed by atoms with Gasteiger partial charge in [0.05, 0.1) is 11.6 Å². The number of ketones is 1. The van der Waals surface area contributed by atoms with Crippen LogP contribution in [0.1, 0.15) is 73.5 Å². The van der Waals surface area contributed by atoms with Gasteiger partial charge in [-0.2, -0.15) is 35.6 Å². The van der Waals surface area contributed by atoms with Crippen LogP contribution in [0.25, 0.3) is 0 Å². The molecule has 3 rings (SSSR count). The molecule has 3 unspecified atom stereocenters. The number of Topliss-reactive ketones (excluding diaryl/α,β-unsaturated/α-hetero) is 1. The summed E-state index contributed by atoms with van der Waals surface area (Å²) >= 11 is 0. The molecule has 370 valence electrons. The number of nitrogens with zero attached hydrogens (tertiary/aromatic N) is 3. The molecule has 65 heavy (non-hydrogen) atoms. The lowest BCUT2D eigenvalue weighted by molar-refractivity contribution is -0.559. The van der Waals surface area contributed by atoms with E-state index in [1.165, 1.54) is 0 Å². The van der Waals surface area contributed by atoms with Crippen molar-refractivity contribution in [3.05, 3.63) is 33.6 Å². The molecule has 1 heterocycles. The molecule has 2 aromatic rings. The third-order valence-corrected chi connectivity index (χ3v) is 10.7. The fourth-order valence-corrected chi connectivity index (χ4v) is 6.99. The topological polar surface area (TPSA) is 448 Å². The molecular formula is C33H42F7N3O22. The second-order valence-electron chi connectivity index (χ2n) is 15.2. The van der Waals surface area contributed by atoms with Gasteiger partial charge in [0, 0.05) is 31.0 Å². The predicted octanol–water partition coefficient (Wildman–Crippen LogP) is -3.73. The highest BCUT2D eigenvalue weighted by molar-refractivity contribution is 5.78. The van der Waals surface area contributed by atoms with Gasteiger partial charge < -0.3 is 112 Å². The van der Waals surface area contributed by atoms with Crippen molar-refractivity contribution in [1.82, 2.24) is 14.7 Å². The van der Waals surface area contributed by atoms with Gasteiger partial charge in [-0.25, -0.2) is 4.79 Å². The second-order valence-corrected chi connectivity index (χ2v) is 15.2. The molecule has 0 saturated carbocycles. The highest BCUT2D eigenvalue weighted by Gasteiger charge is 2.81. The molecule has 20 N–H and O–H groups in total. The van der Waals surface area contributed by atoms with E-state index in [0.29, 0.717) is 20.8 Å². The van der Waals surface area contributed by atoms with Crippen LogP contribution in [0.2, 0.25) is 0 Å². The molecule has 3 atom stereocenters. The van der Waals surface area contributed by atoms with E-state index in [9.17, 15) is 142 Å². The summed E-state index contributed by atoms with van der Waals surface area (Å²) in [6.45, 7) is 1.20. The number of carbonyl (C=O) groups is 2. The molecule has 1 saturated heterocycles. The summed E-state index contributed by atoms with van der Waals surface area (Å²) in [6.07, 6.45) is -15.3. The van der Waals surface area contributed by atoms with Crippen molar-refractivity contribution in [3.8, 4) is 34.5 Å². The maximum absolute atomic E-state index is 14.8. The van der Waals surface area contributed by atoms with Crippen molar-refractivity contribution in [2.45, 2.75) is 112 Å². The number of phenolic OH excluding ortho intramolecular Hbond substituents is 6.